The number of rotatable bonds is 5. The monoisotopic (exact) mass is 409 g/mol. The predicted molar refractivity (Wildman–Crippen MR) is 110 cm³/mol. The number of nitrogens with zero attached hydrogens (tertiary/aromatic N) is 1. The number of aromatic nitrogens is 1. The lowest BCUT2D eigenvalue weighted by Crippen LogP contribution is -2.48. The van der Waals surface area contributed by atoms with Gasteiger partial charge < -0.3 is 15.4 Å². The molecule has 0 radical (unpaired) electrons. The molecule has 2 fully saturated rings. The summed E-state index contributed by atoms with van der Waals surface area (Å²) in [4.78, 5) is 16.7. The molecule has 2 N–H and O–H groups in total. The second kappa shape index (κ2) is 9.93. The molecule has 5 nitrogen and oxygen atoms in total. The molecule has 7 heteroatoms. The fraction of sp³-hybridized carbons (Fsp3) is 0.400. The lowest BCUT2D eigenvalue weighted by atomic mass is 9.99. The Kier molecular flexibility index (Phi) is 7.90. The van der Waals surface area contributed by atoms with E-state index in [9.17, 15) is 4.79 Å². The smallest absolute Gasteiger partial charge is 0.251 e. The van der Waals surface area contributed by atoms with Crippen LogP contribution in [0.3, 0.4) is 0 Å². The topological polar surface area (TPSA) is 63.2 Å². The minimum absolute atomic E-state index is 0. The van der Waals surface area contributed by atoms with Crippen LogP contribution in [0.25, 0.3) is 0 Å². The number of ether oxygens (including phenoxy) is 1. The molecular weight excluding hydrogens is 385 g/mol. The van der Waals surface area contributed by atoms with Crippen LogP contribution < -0.4 is 15.4 Å². The normalized spacial score (nSPS) is 22.9. The molecule has 146 valence electrons. The average molecular weight is 410 g/mol. The van der Waals surface area contributed by atoms with Crippen molar-refractivity contribution >= 4 is 30.7 Å². The summed E-state index contributed by atoms with van der Waals surface area (Å²) in [6, 6.07) is 12.6. The molecule has 2 aromatic rings. The molecule has 2 saturated heterocycles. The van der Waals surface area contributed by atoms with Crippen LogP contribution in [0.5, 0.6) is 5.75 Å². The summed E-state index contributed by atoms with van der Waals surface area (Å²) in [7, 11) is 0. The zero-order valence-corrected chi connectivity index (χ0v) is 16.6. The van der Waals surface area contributed by atoms with Crippen molar-refractivity contribution in [2.75, 3.05) is 0 Å². The number of hydrogen-bond donors (Lipinski definition) is 2. The maximum Gasteiger partial charge on any atom is 0.251 e. The largest absolute Gasteiger partial charge is 0.489 e. The predicted octanol–water partition coefficient (Wildman–Crippen LogP) is 3.52. The molecule has 3 heterocycles. The first-order valence-electron chi connectivity index (χ1n) is 8.95. The van der Waals surface area contributed by atoms with Crippen molar-refractivity contribution in [2.45, 2.75) is 50.4 Å². The molecule has 1 aromatic heterocycles. The lowest BCUT2D eigenvalue weighted by molar-refractivity contribution is 0.0923. The fourth-order valence-corrected chi connectivity index (χ4v) is 3.82. The molecule has 2 unspecified atom stereocenters. The number of pyridine rings is 1. The number of carbonyl (C=O) groups excluding carboxylic acids is 1. The Balaban J connectivity index is 0.00000131. The Hall–Kier alpha value is -1.82. The van der Waals surface area contributed by atoms with E-state index in [1.807, 2.05) is 30.3 Å². The van der Waals surface area contributed by atoms with E-state index in [0.717, 1.165) is 18.4 Å². The maximum absolute atomic E-state index is 12.6. The van der Waals surface area contributed by atoms with Gasteiger partial charge in [-0.15, -0.1) is 24.8 Å². The number of hydrogen-bond acceptors (Lipinski definition) is 4. The van der Waals surface area contributed by atoms with Gasteiger partial charge in [0.1, 0.15) is 12.4 Å². The van der Waals surface area contributed by atoms with Gasteiger partial charge in [-0.05, 0) is 49.9 Å². The fourth-order valence-electron chi connectivity index (χ4n) is 3.82. The summed E-state index contributed by atoms with van der Waals surface area (Å²) >= 11 is 0. The summed E-state index contributed by atoms with van der Waals surface area (Å²) in [6.45, 7) is 0.441. The van der Waals surface area contributed by atoms with Crippen molar-refractivity contribution in [3.63, 3.8) is 0 Å². The third kappa shape index (κ3) is 5.58. The van der Waals surface area contributed by atoms with Crippen LogP contribution in [0.2, 0.25) is 0 Å². The number of amides is 1. The van der Waals surface area contributed by atoms with E-state index >= 15 is 0 Å². The number of fused-ring (bicyclic) bond motifs is 2. The van der Waals surface area contributed by atoms with E-state index in [1.54, 1.807) is 18.5 Å². The molecule has 1 amide bonds. The molecule has 2 bridgehead atoms. The van der Waals surface area contributed by atoms with Gasteiger partial charge >= 0.3 is 0 Å². The van der Waals surface area contributed by atoms with Crippen LogP contribution in [0.1, 0.15) is 41.6 Å². The molecular formula is C20H25Cl2N3O2. The highest BCUT2D eigenvalue weighted by Gasteiger charge is 2.34. The Morgan fingerprint density at radius 3 is 2.63 bits per heavy atom. The number of carbonyl (C=O) groups is 1. The first-order valence-corrected chi connectivity index (χ1v) is 8.95. The van der Waals surface area contributed by atoms with E-state index in [1.165, 1.54) is 12.8 Å². The molecule has 4 rings (SSSR count). The summed E-state index contributed by atoms with van der Waals surface area (Å²) in [5.74, 6) is 0.681. The van der Waals surface area contributed by atoms with Crippen molar-refractivity contribution in [3.8, 4) is 5.75 Å². The molecule has 27 heavy (non-hydrogen) atoms. The van der Waals surface area contributed by atoms with Gasteiger partial charge in [-0.3, -0.25) is 9.78 Å². The van der Waals surface area contributed by atoms with E-state index in [-0.39, 0.29) is 36.8 Å². The zero-order valence-electron chi connectivity index (χ0n) is 15.0. The summed E-state index contributed by atoms with van der Waals surface area (Å²) in [6.07, 6.45) is 8.03. The molecule has 0 aliphatic carbocycles. The summed E-state index contributed by atoms with van der Waals surface area (Å²) < 4.78 is 5.79. The van der Waals surface area contributed by atoms with Crippen LogP contribution in [0, 0.1) is 0 Å². The van der Waals surface area contributed by atoms with Gasteiger partial charge in [-0.1, -0.05) is 12.1 Å². The summed E-state index contributed by atoms with van der Waals surface area (Å²) in [5, 5.41) is 6.79. The third-order valence-electron chi connectivity index (χ3n) is 5.03. The Labute approximate surface area is 172 Å². The number of piperidine rings is 1. The van der Waals surface area contributed by atoms with E-state index in [4.69, 9.17) is 4.74 Å². The molecule has 2 aliphatic rings. The van der Waals surface area contributed by atoms with Gasteiger partial charge in [-0.25, -0.2) is 0 Å². The van der Waals surface area contributed by atoms with Crippen molar-refractivity contribution in [1.82, 2.24) is 15.6 Å². The molecule has 1 aromatic carbocycles. The summed E-state index contributed by atoms with van der Waals surface area (Å²) in [5.41, 5.74) is 1.65. The third-order valence-corrected chi connectivity index (χ3v) is 5.03. The quantitative estimate of drug-likeness (QED) is 0.792. The lowest BCUT2D eigenvalue weighted by Gasteiger charge is -2.29. The average Bonchev–Trinajstić information content (AvgIpc) is 2.99. The highest BCUT2D eigenvalue weighted by molar-refractivity contribution is 5.94. The first-order chi connectivity index (χ1) is 12.3. The van der Waals surface area contributed by atoms with Gasteiger partial charge in [0.05, 0.1) is 0 Å². The minimum atomic E-state index is -0.0156. The Bertz CT molecular complexity index is 733. The van der Waals surface area contributed by atoms with Crippen LogP contribution in [0.15, 0.2) is 48.8 Å². The SMILES string of the molecule is Cl.Cl.O=C(NC1CC2CCC(C1)N2)c1cccc(OCc2cccnc2)c1. The van der Waals surface area contributed by atoms with Crippen molar-refractivity contribution in [3.05, 3.63) is 59.9 Å². The van der Waals surface area contributed by atoms with Gasteiger partial charge in [0.15, 0.2) is 0 Å². The molecule has 0 saturated carbocycles. The number of halogens is 2. The Morgan fingerprint density at radius 1 is 1.15 bits per heavy atom. The van der Waals surface area contributed by atoms with Crippen LogP contribution >= 0.6 is 24.8 Å². The van der Waals surface area contributed by atoms with Crippen molar-refractivity contribution < 1.29 is 9.53 Å². The Morgan fingerprint density at radius 2 is 1.93 bits per heavy atom. The van der Waals surface area contributed by atoms with E-state index in [0.29, 0.717) is 30.0 Å². The van der Waals surface area contributed by atoms with Crippen molar-refractivity contribution in [2.24, 2.45) is 0 Å². The number of benzene rings is 1. The molecule has 2 aliphatic heterocycles. The molecule has 2 atom stereocenters. The maximum atomic E-state index is 12.6. The van der Waals surface area contributed by atoms with Crippen LogP contribution in [-0.4, -0.2) is 29.0 Å². The van der Waals surface area contributed by atoms with Crippen LogP contribution in [-0.2, 0) is 6.61 Å². The zero-order chi connectivity index (χ0) is 17.1. The van der Waals surface area contributed by atoms with Crippen molar-refractivity contribution in [1.29, 1.82) is 0 Å². The van der Waals surface area contributed by atoms with Gasteiger partial charge in [0, 0.05) is 41.6 Å². The van der Waals surface area contributed by atoms with Crippen LogP contribution in [0.4, 0.5) is 0 Å². The van der Waals surface area contributed by atoms with Gasteiger partial charge in [0.25, 0.3) is 5.91 Å². The highest BCUT2D eigenvalue weighted by Crippen LogP contribution is 2.27. The highest BCUT2D eigenvalue weighted by atomic mass is 35.5. The molecule has 0 spiro atoms. The number of nitrogens with one attached hydrogen (secondary N) is 2. The second-order valence-electron chi connectivity index (χ2n) is 6.96. The van der Waals surface area contributed by atoms with E-state index in [2.05, 4.69) is 15.6 Å². The second-order valence-corrected chi connectivity index (χ2v) is 6.96. The van der Waals surface area contributed by atoms with Gasteiger partial charge in [-0.2, -0.15) is 0 Å². The van der Waals surface area contributed by atoms with Gasteiger partial charge in [0.2, 0.25) is 0 Å². The minimum Gasteiger partial charge on any atom is -0.489 e. The first kappa shape index (κ1) is 21.5. The standard InChI is InChI=1S/C20H23N3O2.2ClH/c24-20(23-18-10-16-6-7-17(11-18)22-16)15-4-1-5-19(9-15)25-13-14-3-2-8-21-12-14;;/h1-5,8-9,12,16-18,22H,6-7,10-11,13H2,(H,23,24);2*1H. The van der Waals surface area contributed by atoms with E-state index < -0.39 is 0 Å².